The minimum absolute atomic E-state index is 0.0373. The molecule has 4 rings (SSSR count). The van der Waals surface area contributed by atoms with Crippen LogP contribution in [0.4, 0.5) is 0 Å². The molecule has 2 aliphatic heterocycles. The van der Waals surface area contributed by atoms with Crippen LogP contribution in [0.5, 0.6) is 0 Å². The molecule has 1 N–H and O–H groups in total. The minimum Gasteiger partial charge on any atom is -0.466 e. The van der Waals surface area contributed by atoms with Gasteiger partial charge in [-0.25, -0.2) is 0 Å². The first-order valence-electron chi connectivity index (χ1n) is 10.8. The Bertz CT molecular complexity index is 975. The van der Waals surface area contributed by atoms with E-state index < -0.39 is 29.4 Å². The highest BCUT2D eigenvalue weighted by Crippen LogP contribution is 2.46. The molecule has 1 aromatic carbocycles. The number of esters is 1. The Morgan fingerprint density at radius 1 is 1.26 bits per heavy atom. The van der Waals surface area contributed by atoms with Crippen molar-refractivity contribution in [3.63, 3.8) is 0 Å². The van der Waals surface area contributed by atoms with Gasteiger partial charge in [-0.1, -0.05) is 18.2 Å². The maximum Gasteiger partial charge on any atom is 0.314 e. The number of nitrogens with zero attached hydrogens (tertiary/aromatic N) is 2. The molecular formula is C23H28N2O5S. The summed E-state index contributed by atoms with van der Waals surface area (Å²) in [4.78, 5) is 42.9. The van der Waals surface area contributed by atoms with Crippen molar-refractivity contribution in [1.29, 1.82) is 0 Å². The predicted molar refractivity (Wildman–Crippen MR) is 118 cm³/mol. The molecule has 31 heavy (non-hydrogen) atoms. The number of carbonyl (C=O) groups is 3. The van der Waals surface area contributed by atoms with E-state index in [4.69, 9.17) is 4.74 Å². The second-order valence-electron chi connectivity index (χ2n) is 8.52. The number of benzene rings is 1. The van der Waals surface area contributed by atoms with E-state index in [1.807, 2.05) is 44.2 Å². The fraction of sp³-hybridized carbons (Fsp3) is 0.522. The monoisotopic (exact) mass is 444 g/mol. The molecule has 2 saturated heterocycles. The average Bonchev–Trinajstić information content (AvgIpc) is 3.26. The second-order valence-corrected chi connectivity index (χ2v) is 9.60. The lowest BCUT2D eigenvalue weighted by molar-refractivity contribution is -0.156. The van der Waals surface area contributed by atoms with Gasteiger partial charge in [0.2, 0.25) is 0 Å². The number of ether oxygens (including phenoxy) is 1. The molecule has 0 aliphatic carbocycles. The largest absolute Gasteiger partial charge is 0.466 e. The van der Waals surface area contributed by atoms with E-state index in [1.165, 1.54) is 11.3 Å². The topological polar surface area (TPSA) is 87.2 Å². The summed E-state index contributed by atoms with van der Waals surface area (Å²) in [6.07, 6.45) is -0.561. The summed E-state index contributed by atoms with van der Waals surface area (Å²) < 4.78 is 6.29. The van der Waals surface area contributed by atoms with Gasteiger partial charge < -0.3 is 19.6 Å². The lowest BCUT2D eigenvalue weighted by Gasteiger charge is -2.48. The molecule has 2 amide bonds. The number of hydrogen-bond donors (Lipinski definition) is 1. The highest BCUT2D eigenvalue weighted by molar-refractivity contribution is 7.20. The van der Waals surface area contributed by atoms with Crippen LogP contribution in [0.25, 0.3) is 10.1 Å². The summed E-state index contributed by atoms with van der Waals surface area (Å²) in [5, 5.41) is 11.7. The highest BCUT2D eigenvalue weighted by atomic mass is 32.1. The number of aliphatic hydroxyl groups excluding tert-OH is 1. The van der Waals surface area contributed by atoms with Crippen LogP contribution in [0.3, 0.4) is 0 Å². The lowest BCUT2D eigenvalue weighted by atomic mass is 9.75. The first-order chi connectivity index (χ1) is 14.8. The molecule has 2 aromatic rings. The molecular weight excluding hydrogens is 416 g/mol. The van der Waals surface area contributed by atoms with Gasteiger partial charge >= 0.3 is 5.97 Å². The van der Waals surface area contributed by atoms with Crippen LogP contribution >= 0.6 is 11.3 Å². The molecule has 2 aliphatic rings. The molecule has 0 unspecified atom stereocenters. The van der Waals surface area contributed by atoms with Gasteiger partial charge in [0.15, 0.2) is 0 Å². The Balaban J connectivity index is 1.59. The van der Waals surface area contributed by atoms with Crippen molar-refractivity contribution < 1.29 is 24.2 Å². The van der Waals surface area contributed by atoms with E-state index in [0.29, 0.717) is 30.8 Å². The Morgan fingerprint density at radius 2 is 1.94 bits per heavy atom. The Labute approximate surface area is 185 Å². The molecule has 3 heterocycles. The minimum atomic E-state index is -1.41. The standard InChI is InChI=1S/C23H28N2O5S/c1-4-30-22(29)18-19(26)21(28)25(14(2)3)23(18)9-11-24(12-10-23)20(27)17-13-15-7-5-6-8-16(15)31-17/h5-8,13-14,18-19,26H,4,9-12H2,1-3H3/t18-,19-/m1/s1. The van der Waals surface area contributed by atoms with Crippen molar-refractivity contribution in [2.75, 3.05) is 19.7 Å². The number of carbonyl (C=O) groups excluding carboxylic acids is 3. The van der Waals surface area contributed by atoms with Gasteiger partial charge in [-0.15, -0.1) is 11.3 Å². The van der Waals surface area contributed by atoms with Crippen molar-refractivity contribution in [3.8, 4) is 0 Å². The molecule has 0 bridgehead atoms. The van der Waals surface area contributed by atoms with Crippen molar-refractivity contribution in [1.82, 2.24) is 9.80 Å². The number of thiophene rings is 1. The van der Waals surface area contributed by atoms with E-state index in [-0.39, 0.29) is 18.6 Å². The second kappa shape index (κ2) is 8.24. The molecule has 7 nitrogen and oxygen atoms in total. The number of hydrogen-bond acceptors (Lipinski definition) is 6. The molecule has 8 heteroatoms. The van der Waals surface area contributed by atoms with Crippen molar-refractivity contribution in [3.05, 3.63) is 35.2 Å². The summed E-state index contributed by atoms with van der Waals surface area (Å²) in [5.41, 5.74) is -0.839. The third-order valence-corrected chi connectivity index (χ3v) is 7.58. The van der Waals surface area contributed by atoms with E-state index >= 15 is 0 Å². The molecule has 0 saturated carbocycles. The average molecular weight is 445 g/mol. The smallest absolute Gasteiger partial charge is 0.314 e. The van der Waals surface area contributed by atoms with E-state index in [2.05, 4.69) is 0 Å². The summed E-state index contributed by atoms with van der Waals surface area (Å²) in [7, 11) is 0. The van der Waals surface area contributed by atoms with Crippen molar-refractivity contribution >= 4 is 39.2 Å². The fourth-order valence-corrected chi connectivity index (χ4v) is 6.22. The first kappa shape index (κ1) is 21.8. The van der Waals surface area contributed by atoms with Gasteiger partial charge in [0.05, 0.1) is 17.0 Å². The van der Waals surface area contributed by atoms with Gasteiger partial charge in [0, 0.05) is 23.8 Å². The van der Waals surface area contributed by atoms with Crippen LogP contribution in [0.2, 0.25) is 0 Å². The van der Waals surface area contributed by atoms with Crippen LogP contribution in [-0.2, 0) is 14.3 Å². The molecule has 2 fully saturated rings. The third-order valence-electron chi connectivity index (χ3n) is 6.47. The summed E-state index contributed by atoms with van der Waals surface area (Å²) in [5.74, 6) is -1.96. The number of likely N-dealkylation sites (tertiary alicyclic amines) is 2. The van der Waals surface area contributed by atoms with Crippen LogP contribution < -0.4 is 0 Å². The highest BCUT2D eigenvalue weighted by Gasteiger charge is 2.63. The molecule has 0 radical (unpaired) electrons. The van der Waals surface area contributed by atoms with Crippen LogP contribution in [0, 0.1) is 5.92 Å². The number of rotatable bonds is 4. The van der Waals surface area contributed by atoms with Gasteiger partial charge in [-0.05, 0) is 51.1 Å². The number of aliphatic hydroxyl groups is 1. The van der Waals surface area contributed by atoms with Gasteiger partial charge in [-0.2, -0.15) is 0 Å². The Hall–Kier alpha value is -2.45. The first-order valence-corrected chi connectivity index (χ1v) is 11.6. The van der Waals surface area contributed by atoms with E-state index in [0.717, 1.165) is 10.1 Å². The molecule has 166 valence electrons. The Kier molecular flexibility index (Phi) is 5.79. The summed E-state index contributed by atoms with van der Waals surface area (Å²) in [6, 6.07) is 9.63. The normalized spacial score (nSPS) is 23.2. The zero-order chi connectivity index (χ0) is 22.3. The van der Waals surface area contributed by atoms with Gasteiger partial charge in [-0.3, -0.25) is 14.4 Å². The van der Waals surface area contributed by atoms with E-state index in [9.17, 15) is 19.5 Å². The zero-order valence-electron chi connectivity index (χ0n) is 18.0. The fourth-order valence-electron chi connectivity index (χ4n) is 5.19. The Morgan fingerprint density at radius 3 is 2.55 bits per heavy atom. The molecule has 1 aromatic heterocycles. The summed E-state index contributed by atoms with van der Waals surface area (Å²) >= 11 is 1.47. The molecule has 1 spiro atoms. The van der Waals surface area contributed by atoms with Crippen LogP contribution in [-0.4, -0.2) is 70.1 Å². The quantitative estimate of drug-likeness (QED) is 0.733. The van der Waals surface area contributed by atoms with Crippen LogP contribution in [0.15, 0.2) is 30.3 Å². The number of piperidine rings is 1. The maximum atomic E-state index is 13.1. The number of fused-ring (bicyclic) bond motifs is 1. The van der Waals surface area contributed by atoms with Crippen molar-refractivity contribution in [2.45, 2.75) is 51.3 Å². The van der Waals surface area contributed by atoms with Gasteiger partial charge in [0.1, 0.15) is 12.0 Å². The number of amides is 2. The SMILES string of the molecule is CCOC(=O)[C@H]1[C@@H](O)C(=O)N(C(C)C)C12CCN(C(=O)c1cc3ccccc3s1)CC2. The predicted octanol–water partition coefficient (Wildman–Crippen LogP) is 2.67. The third kappa shape index (κ3) is 3.51. The summed E-state index contributed by atoms with van der Waals surface area (Å²) in [6.45, 7) is 6.48. The van der Waals surface area contributed by atoms with Crippen LogP contribution in [0.1, 0.15) is 43.3 Å². The lowest BCUT2D eigenvalue weighted by Crippen LogP contribution is -2.60. The maximum absolute atomic E-state index is 13.1. The zero-order valence-corrected chi connectivity index (χ0v) is 18.9. The van der Waals surface area contributed by atoms with E-state index in [1.54, 1.807) is 16.7 Å². The van der Waals surface area contributed by atoms with Crippen molar-refractivity contribution in [2.24, 2.45) is 5.92 Å². The van der Waals surface area contributed by atoms with Gasteiger partial charge in [0.25, 0.3) is 11.8 Å². The molecule has 2 atom stereocenters.